The molecule has 0 aliphatic rings. The van der Waals surface area contributed by atoms with Crippen molar-refractivity contribution in [1.29, 1.82) is 0 Å². The number of allylic oxidation sites excluding steroid dienone is 8. The summed E-state index contributed by atoms with van der Waals surface area (Å²) in [6.07, 6.45) is 29.9. The van der Waals surface area contributed by atoms with Gasteiger partial charge < -0.3 is 9.90 Å². The van der Waals surface area contributed by atoms with Gasteiger partial charge in [0.15, 0.2) is 0 Å². The van der Waals surface area contributed by atoms with E-state index in [0.717, 1.165) is 44.9 Å². The average Bonchev–Trinajstić information content (AvgIpc) is 2.56. The van der Waals surface area contributed by atoms with Crippen molar-refractivity contribution in [2.45, 2.75) is 84.0 Å². The minimum atomic E-state index is -0.937. The van der Waals surface area contributed by atoms with Crippen molar-refractivity contribution in [3.8, 4) is 0 Å². The Morgan fingerprint density at radius 1 is 0.667 bits per heavy atom. The van der Waals surface area contributed by atoms with Gasteiger partial charge in [0, 0.05) is 5.97 Å². The van der Waals surface area contributed by atoms with Crippen LogP contribution < -0.4 is 5.11 Å². The SMILES string of the molecule is CCCCC/C=C/C/C=C/C/C=C/C/C=C/CCCCCC(=O)[O-]. The summed E-state index contributed by atoms with van der Waals surface area (Å²) in [4.78, 5) is 10.2. The van der Waals surface area contributed by atoms with E-state index < -0.39 is 5.97 Å². The largest absolute Gasteiger partial charge is 0.550 e. The molecule has 0 aromatic heterocycles. The Kier molecular flexibility index (Phi) is 18.2. The zero-order valence-corrected chi connectivity index (χ0v) is 15.4. The molecule has 0 aliphatic heterocycles. The van der Waals surface area contributed by atoms with Crippen LogP contribution in [0.25, 0.3) is 0 Å². The molecule has 0 radical (unpaired) electrons. The third kappa shape index (κ3) is 20.4. The van der Waals surface area contributed by atoms with E-state index in [0.29, 0.717) is 0 Å². The number of hydrogen-bond acceptors (Lipinski definition) is 2. The van der Waals surface area contributed by atoms with E-state index in [4.69, 9.17) is 0 Å². The molecule has 0 rings (SSSR count). The maximum Gasteiger partial charge on any atom is 0.0414 e. The number of carbonyl (C=O) groups is 1. The van der Waals surface area contributed by atoms with E-state index in [1.54, 1.807) is 0 Å². The van der Waals surface area contributed by atoms with Crippen LogP contribution in [-0.4, -0.2) is 5.97 Å². The molecule has 2 heteroatoms. The van der Waals surface area contributed by atoms with Crippen molar-refractivity contribution < 1.29 is 9.90 Å². The number of rotatable bonds is 16. The molecular formula is C22H35O2-. The molecular weight excluding hydrogens is 296 g/mol. The van der Waals surface area contributed by atoms with Gasteiger partial charge in [-0.05, 0) is 57.8 Å². The Bertz CT molecular complexity index is 389. The zero-order chi connectivity index (χ0) is 17.7. The van der Waals surface area contributed by atoms with Crippen LogP contribution in [0.15, 0.2) is 48.6 Å². The molecule has 0 fully saturated rings. The lowest BCUT2D eigenvalue weighted by atomic mass is 10.1. The highest BCUT2D eigenvalue weighted by Crippen LogP contribution is 2.04. The Labute approximate surface area is 149 Å². The van der Waals surface area contributed by atoms with E-state index >= 15 is 0 Å². The molecule has 0 saturated carbocycles. The van der Waals surface area contributed by atoms with Crippen molar-refractivity contribution in [2.75, 3.05) is 0 Å². The average molecular weight is 332 g/mol. The fourth-order valence-electron chi connectivity index (χ4n) is 2.27. The summed E-state index contributed by atoms with van der Waals surface area (Å²) in [6.45, 7) is 2.24. The van der Waals surface area contributed by atoms with Crippen molar-refractivity contribution in [3.05, 3.63) is 48.6 Å². The second kappa shape index (κ2) is 19.5. The van der Waals surface area contributed by atoms with Crippen molar-refractivity contribution >= 4 is 5.97 Å². The standard InChI is InChI=1S/C22H36O2/c1-2-3-4-5-6-7-8-9-10-11-12-13-14-15-16-17-18-19-20-21-22(23)24/h6-7,9-10,12-13,15-16H,2-5,8,11,14,17-21H2,1H3,(H,23,24)/p-1/b7-6+,10-9+,13-12+,16-15+. The van der Waals surface area contributed by atoms with Crippen LogP contribution in [0, 0.1) is 0 Å². The molecule has 0 amide bonds. The normalized spacial score (nSPS) is 12.4. The molecule has 0 bridgehead atoms. The van der Waals surface area contributed by atoms with Crippen molar-refractivity contribution in [2.24, 2.45) is 0 Å². The zero-order valence-electron chi connectivity index (χ0n) is 15.4. The second-order valence-electron chi connectivity index (χ2n) is 6.06. The molecule has 0 spiro atoms. The topological polar surface area (TPSA) is 40.1 Å². The summed E-state index contributed by atoms with van der Waals surface area (Å²) in [5.41, 5.74) is 0. The first kappa shape index (κ1) is 22.4. The molecule has 136 valence electrons. The van der Waals surface area contributed by atoms with Crippen LogP contribution in [0.4, 0.5) is 0 Å². The number of hydrogen-bond donors (Lipinski definition) is 0. The van der Waals surface area contributed by atoms with Gasteiger partial charge >= 0.3 is 0 Å². The van der Waals surface area contributed by atoms with Crippen LogP contribution in [-0.2, 0) is 4.79 Å². The first-order valence-electron chi connectivity index (χ1n) is 9.57. The number of carbonyl (C=O) groups excluding carboxylic acids is 1. The monoisotopic (exact) mass is 331 g/mol. The molecule has 0 aromatic carbocycles. The molecule has 0 N–H and O–H groups in total. The van der Waals surface area contributed by atoms with Gasteiger partial charge in [-0.15, -0.1) is 0 Å². The van der Waals surface area contributed by atoms with Crippen LogP contribution >= 0.6 is 0 Å². The predicted molar refractivity (Wildman–Crippen MR) is 103 cm³/mol. The van der Waals surface area contributed by atoms with Gasteiger partial charge in [0.05, 0.1) is 0 Å². The summed E-state index contributed by atoms with van der Waals surface area (Å²) in [5.74, 6) is -0.937. The van der Waals surface area contributed by atoms with Crippen LogP contribution in [0.2, 0.25) is 0 Å². The highest BCUT2D eigenvalue weighted by molar-refractivity contribution is 5.64. The van der Waals surface area contributed by atoms with Crippen LogP contribution in [0.5, 0.6) is 0 Å². The highest BCUT2D eigenvalue weighted by atomic mass is 16.4. The van der Waals surface area contributed by atoms with Gasteiger partial charge in [0.1, 0.15) is 0 Å². The predicted octanol–water partition coefficient (Wildman–Crippen LogP) is 5.66. The number of unbranched alkanes of at least 4 members (excludes halogenated alkanes) is 6. The number of carboxylic acids is 1. The molecule has 2 nitrogen and oxygen atoms in total. The van der Waals surface area contributed by atoms with E-state index in [-0.39, 0.29) is 6.42 Å². The molecule has 24 heavy (non-hydrogen) atoms. The van der Waals surface area contributed by atoms with Crippen LogP contribution in [0.3, 0.4) is 0 Å². The van der Waals surface area contributed by atoms with E-state index in [2.05, 4.69) is 55.5 Å². The van der Waals surface area contributed by atoms with Crippen molar-refractivity contribution in [3.63, 3.8) is 0 Å². The van der Waals surface area contributed by atoms with E-state index in [9.17, 15) is 9.90 Å². The smallest absolute Gasteiger partial charge is 0.0414 e. The quantitative estimate of drug-likeness (QED) is 0.270. The fourth-order valence-corrected chi connectivity index (χ4v) is 2.27. The Morgan fingerprint density at radius 3 is 1.58 bits per heavy atom. The van der Waals surface area contributed by atoms with Gasteiger partial charge in [-0.2, -0.15) is 0 Å². The minimum absolute atomic E-state index is 0.189. The molecule has 0 heterocycles. The molecule has 0 aromatic rings. The summed E-state index contributed by atoms with van der Waals surface area (Å²) in [5, 5.41) is 10.2. The lowest BCUT2D eigenvalue weighted by Crippen LogP contribution is -2.21. The second-order valence-corrected chi connectivity index (χ2v) is 6.06. The third-order valence-corrected chi connectivity index (χ3v) is 3.71. The van der Waals surface area contributed by atoms with Gasteiger partial charge in [-0.25, -0.2) is 0 Å². The maximum absolute atomic E-state index is 10.2. The minimum Gasteiger partial charge on any atom is -0.550 e. The summed E-state index contributed by atoms with van der Waals surface area (Å²) < 4.78 is 0. The Morgan fingerprint density at radius 2 is 1.12 bits per heavy atom. The van der Waals surface area contributed by atoms with Gasteiger partial charge in [-0.3, -0.25) is 0 Å². The first-order valence-corrected chi connectivity index (χ1v) is 9.57. The lowest BCUT2D eigenvalue weighted by molar-refractivity contribution is -0.305. The summed E-state index contributed by atoms with van der Waals surface area (Å²) >= 11 is 0. The van der Waals surface area contributed by atoms with Crippen LogP contribution in [0.1, 0.15) is 84.0 Å². The lowest BCUT2D eigenvalue weighted by Gasteiger charge is -1.99. The van der Waals surface area contributed by atoms with Gasteiger partial charge in [-0.1, -0.05) is 74.8 Å². The molecule has 0 atom stereocenters. The highest BCUT2D eigenvalue weighted by Gasteiger charge is 1.88. The molecule has 0 unspecified atom stereocenters. The molecule has 0 saturated heterocycles. The maximum atomic E-state index is 10.2. The Hall–Kier alpha value is -1.57. The van der Waals surface area contributed by atoms with Crippen molar-refractivity contribution in [1.82, 2.24) is 0 Å². The van der Waals surface area contributed by atoms with E-state index in [1.165, 1.54) is 25.7 Å². The number of carboxylic acid groups (broad SMARTS) is 1. The Balaban J connectivity index is 3.37. The molecule has 0 aliphatic carbocycles. The van der Waals surface area contributed by atoms with Gasteiger partial charge in [0.25, 0.3) is 0 Å². The first-order chi connectivity index (χ1) is 11.8. The summed E-state index contributed by atoms with van der Waals surface area (Å²) in [6, 6.07) is 0. The van der Waals surface area contributed by atoms with Gasteiger partial charge in [0.2, 0.25) is 0 Å². The third-order valence-electron chi connectivity index (χ3n) is 3.71. The summed E-state index contributed by atoms with van der Waals surface area (Å²) in [7, 11) is 0. The number of aliphatic carboxylic acids is 1. The fraction of sp³-hybridized carbons (Fsp3) is 0.591. The van der Waals surface area contributed by atoms with E-state index in [1.807, 2.05) is 0 Å².